The average Bonchev–Trinajstić information content (AvgIpc) is 2.69. The van der Waals surface area contributed by atoms with Crippen LogP contribution in [0.4, 0.5) is 0 Å². The zero-order valence-corrected chi connectivity index (χ0v) is 20.1. The molecule has 0 bridgehead atoms. The summed E-state index contributed by atoms with van der Waals surface area (Å²) in [5.41, 5.74) is 4.20. The monoisotopic (exact) mass is 498 g/mol. The number of nitrogens with zero attached hydrogens (tertiary/aromatic N) is 4. The molecule has 0 fully saturated rings. The minimum absolute atomic E-state index is 0. The molecule has 0 saturated carbocycles. The van der Waals surface area contributed by atoms with Crippen molar-refractivity contribution in [3.63, 3.8) is 0 Å². The Balaban J connectivity index is 0.000000410. The fraction of sp³-hybridized carbons (Fsp3) is 0.167. The first-order valence-corrected chi connectivity index (χ1v) is 9.84. The molecule has 8 nitrogen and oxygen atoms in total. The Morgan fingerprint density at radius 3 is 0.697 bits per heavy atom. The number of aryl methyl sites for hydroxylation is 4. The second-order valence-corrected chi connectivity index (χ2v) is 7.05. The van der Waals surface area contributed by atoms with E-state index in [0.717, 1.165) is 41.2 Å². The van der Waals surface area contributed by atoms with Gasteiger partial charge in [0, 0.05) is 65.4 Å². The molecule has 4 aromatic heterocycles. The van der Waals surface area contributed by atoms with Gasteiger partial charge in [0.25, 0.3) is 0 Å². The molecular weight excluding hydrogens is 467 g/mol. The standard InChI is InChI=1S/4C6H8NO.Ni/c4*1-6-3-2-4-7(8)5-6;/h4*2-5,8H,1H3;/q4*+1;+2. The zero-order chi connectivity index (χ0) is 23.9. The minimum Gasteiger partial charge on any atom is -0.285 e. The van der Waals surface area contributed by atoms with Gasteiger partial charge < -0.3 is 0 Å². The van der Waals surface area contributed by atoms with Gasteiger partial charge in [0.15, 0.2) is 0 Å². The van der Waals surface area contributed by atoms with Crippen LogP contribution in [-0.4, -0.2) is 20.8 Å². The molecule has 0 spiro atoms. The quantitative estimate of drug-likeness (QED) is 0.169. The molecule has 9 heteroatoms. The van der Waals surface area contributed by atoms with Crippen molar-refractivity contribution in [2.45, 2.75) is 27.7 Å². The maximum absolute atomic E-state index is 8.73. The fourth-order valence-electron chi connectivity index (χ4n) is 2.31. The van der Waals surface area contributed by atoms with Crippen molar-refractivity contribution in [1.29, 1.82) is 0 Å². The molecule has 4 N–H and O–H groups in total. The van der Waals surface area contributed by atoms with Gasteiger partial charge in [-0.15, -0.1) is 0 Å². The zero-order valence-electron chi connectivity index (χ0n) is 19.1. The van der Waals surface area contributed by atoms with Crippen molar-refractivity contribution >= 4 is 0 Å². The van der Waals surface area contributed by atoms with Crippen LogP contribution in [0.5, 0.6) is 0 Å². The molecule has 176 valence electrons. The van der Waals surface area contributed by atoms with E-state index in [1.807, 2.05) is 52.0 Å². The summed E-state index contributed by atoms with van der Waals surface area (Å²) < 4.78 is 4.15. The Morgan fingerprint density at radius 2 is 0.606 bits per heavy atom. The van der Waals surface area contributed by atoms with E-state index in [9.17, 15) is 0 Å². The molecule has 0 radical (unpaired) electrons. The second kappa shape index (κ2) is 16.0. The molecule has 0 aliphatic heterocycles. The van der Waals surface area contributed by atoms with Crippen LogP contribution in [0.15, 0.2) is 98.1 Å². The largest absolute Gasteiger partial charge is 2.00 e. The predicted octanol–water partition coefficient (Wildman–Crippen LogP) is 2.08. The minimum atomic E-state index is 0. The number of pyridine rings is 4. The Kier molecular flexibility index (Phi) is 14.2. The summed E-state index contributed by atoms with van der Waals surface area (Å²) in [5, 5.41) is 34.9. The predicted molar refractivity (Wildman–Crippen MR) is 114 cm³/mol. The third kappa shape index (κ3) is 14.8. The normalized spacial score (nSPS) is 8.85. The van der Waals surface area contributed by atoms with Crippen LogP contribution < -0.4 is 18.9 Å². The summed E-state index contributed by atoms with van der Waals surface area (Å²) in [7, 11) is 0. The van der Waals surface area contributed by atoms with Gasteiger partial charge >= 0.3 is 16.5 Å². The van der Waals surface area contributed by atoms with Gasteiger partial charge in [0.2, 0.25) is 49.6 Å². The van der Waals surface area contributed by atoms with Crippen molar-refractivity contribution in [1.82, 2.24) is 0 Å². The van der Waals surface area contributed by atoms with E-state index < -0.39 is 0 Å². The molecule has 0 aromatic carbocycles. The molecule has 33 heavy (non-hydrogen) atoms. The first-order chi connectivity index (χ1) is 15.2. The molecule has 0 saturated heterocycles. The molecule has 0 aliphatic rings. The van der Waals surface area contributed by atoms with Crippen LogP contribution in [-0.2, 0) is 16.5 Å². The number of aromatic nitrogens is 4. The van der Waals surface area contributed by atoms with Crippen LogP contribution in [0.2, 0.25) is 0 Å². The van der Waals surface area contributed by atoms with Crippen molar-refractivity contribution in [3.05, 3.63) is 120 Å². The van der Waals surface area contributed by atoms with Crippen LogP contribution >= 0.6 is 0 Å². The summed E-state index contributed by atoms with van der Waals surface area (Å²) in [6, 6.07) is 14.8. The van der Waals surface area contributed by atoms with Gasteiger partial charge in [-0.1, -0.05) is 0 Å². The molecule has 0 aliphatic carbocycles. The van der Waals surface area contributed by atoms with E-state index >= 15 is 0 Å². The van der Waals surface area contributed by atoms with Crippen molar-refractivity contribution in [3.8, 4) is 0 Å². The topological polar surface area (TPSA) is 96.4 Å². The summed E-state index contributed by atoms with van der Waals surface area (Å²) in [4.78, 5) is 0. The van der Waals surface area contributed by atoms with Crippen molar-refractivity contribution in [2.24, 2.45) is 0 Å². The molecule has 0 unspecified atom stereocenters. The van der Waals surface area contributed by atoms with E-state index in [1.165, 1.54) is 0 Å². The van der Waals surface area contributed by atoms with Crippen LogP contribution in [0.1, 0.15) is 22.3 Å². The van der Waals surface area contributed by atoms with Gasteiger partial charge in [0.1, 0.15) is 0 Å². The number of rotatable bonds is 0. The smallest absolute Gasteiger partial charge is 0.285 e. The van der Waals surface area contributed by atoms with Crippen LogP contribution in [0.3, 0.4) is 0 Å². The van der Waals surface area contributed by atoms with Gasteiger partial charge in [0.05, 0.1) is 0 Å². The first kappa shape index (κ1) is 29.3. The van der Waals surface area contributed by atoms with E-state index in [2.05, 4.69) is 0 Å². The summed E-state index contributed by atoms with van der Waals surface area (Å²) >= 11 is 0. The summed E-state index contributed by atoms with van der Waals surface area (Å²) in [6.45, 7) is 7.69. The van der Waals surface area contributed by atoms with Crippen LogP contribution in [0, 0.1) is 27.7 Å². The van der Waals surface area contributed by atoms with E-state index in [1.54, 1.807) is 73.8 Å². The molecular formula is C24H32N4NiO4+6. The van der Waals surface area contributed by atoms with E-state index in [4.69, 9.17) is 20.8 Å². The van der Waals surface area contributed by atoms with Crippen molar-refractivity contribution < 1.29 is 56.2 Å². The molecule has 0 amide bonds. The Bertz CT molecular complexity index is 854. The molecule has 0 atom stereocenters. The third-order valence-electron chi connectivity index (χ3n) is 3.74. The molecule has 4 heterocycles. The number of hydrogen-bond donors (Lipinski definition) is 4. The maximum Gasteiger partial charge on any atom is 2.00 e. The molecule has 4 aromatic rings. The Labute approximate surface area is 204 Å². The summed E-state index contributed by atoms with van der Waals surface area (Å²) in [6.07, 6.45) is 12.9. The summed E-state index contributed by atoms with van der Waals surface area (Å²) in [5.74, 6) is 0. The SMILES string of the molecule is Cc1ccc[n+](O)c1.Cc1ccc[n+](O)c1.Cc1ccc[n+](O)c1.Cc1ccc[n+](O)c1.[Ni+2]. The van der Waals surface area contributed by atoms with E-state index in [0.29, 0.717) is 0 Å². The Hall–Kier alpha value is -3.71. The first-order valence-electron chi connectivity index (χ1n) is 9.84. The molecule has 4 rings (SSSR count). The second-order valence-electron chi connectivity index (χ2n) is 7.05. The average molecular weight is 499 g/mol. The fourth-order valence-corrected chi connectivity index (χ4v) is 2.31. The van der Waals surface area contributed by atoms with Crippen LogP contribution in [0.25, 0.3) is 0 Å². The third-order valence-corrected chi connectivity index (χ3v) is 3.74. The Morgan fingerprint density at radius 1 is 0.424 bits per heavy atom. The van der Waals surface area contributed by atoms with Gasteiger partial charge in [-0.3, -0.25) is 20.8 Å². The maximum atomic E-state index is 8.73. The van der Waals surface area contributed by atoms with Gasteiger partial charge in [-0.05, 0) is 52.0 Å². The van der Waals surface area contributed by atoms with E-state index in [-0.39, 0.29) is 16.5 Å². The van der Waals surface area contributed by atoms with Gasteiger partial charge in [-0.25, -0.2) is 0 Å². The van der Waals surface area contributed by atoms with Crippen molar-refractivity contribution in [2.75, 3.05) is 0 Å². The van der Waals surface area contributed by atoms with Gasteiger partial charge in [-0.2, -0.15) is 0 Å². The number of hydrogen-bond acceptors (Lipinski definition) is 4.